The van der Waals surface area contributed by atoms with Gasteiger partial charge < -0.3 is 4.74 Å². The molecule has 0 saturated heterocycles. The molecule has 94 valence electrons. The van der Waals surface area contributed by atoms with Gasteiger partial charge in [0.15, 0.2) is 10.1 Å². The van der Waals surface area contributed by atoms with Crippen molar-refractivity contribution >= 4 is 28.9 Å². The molecule has 0 radical (unpaired) electrons. The van der Waals surface area contributed by atoms with Crippen molar-refractivity contribution in [3.63, 3.8) is 0 Å². The van der Waals surface area contributed by atoms with E-state index in [1.807, 2.05) is 24.4 Å². The van der Waals surface area contributed by atoms with Crippen LogP contribution in [0.4, 0.5) is 0 Å². The van der Waals surface area contributed by atoms with Crippen LogP contribution in [-0.4, -0.2) is 17.9 Å². The third-order valence-electron chi connectivity index (χ3n) is 2.36. The van der Waals surface area contributed by atoms with Gasteiger partial charge in [0.1, 0.15) is 5.75 Å². The van der Waals surface area contributed by atoms with E-state index >= 15 is 0 Å². The number of hydrogen-bond acceptors (Lipinski definition) is 5. The Hall–Kier alpha value is -1.33. The summed E-state index contributed by atoms with van der Waals surface area (Å²) in [5.74, 6) is 0.615. The first kappa shape index (κ1) is 13.1. The summed E-state index contributed by atoms with van der Waals surface area (Å²) in [6.07, 6.45) is 0. The van der Waals surface area contributed by atoms with Gasteiger partial charge >= 0.3 is 0 Å². The van der Waals surface area contributed by atoms with Gasteiger partial charge in [0.25, 0.3) is 0 Å². The van der Waals surface area contributed by atoms with Gasteiger partial charge in [-0.3, -0.25) is 4.79 Å². The van der Waals surface area contributed by atoms with Crippen molar-refractivity contribution in [3.05, 3.63) is 34.8 Å². The summed E-state index contributed by atoms with van der Waals surface area (Å²) in [5.41, 5.74) is 1.62. The van der Waals surface area contributed by atoms with Gasteiger partial charge in [-0.1, -0.05) is 17.8 Å². The van der Waals surface area contributed by atoms with Crippen LogP contribution in [0, 0.1) is 6.92 Å². The summed E-state index contributed by atoms with van der Waals surface area (Å²) in [4.78, 5) is 17.0. The molecular weight excluding hydrogens is 266 g/mol. The quantitative estimate of drug-likeness (QED) is 0.798. The average molecular weight is 279 g/mol. The lowest BCUT2D eigenvalue weighted by atomic mass is 10.1. The van der Waals surface area contributed by atoms with Crippen LogP contribution in [-0.2, 0) is 0 Å². The van der Waals surface area contributed by atoms with E-state index in [9.17, 15) is 4.79 Å². The van der Waals surface area contributed by atoms with Crippen LogP contribution >= 0.6 is 23.1 Å². The van der Waals surface area contributed by atoms with Gasteiger partial charge in [-0.15, -0.1) is 11.3 Å². The number of aryl methyl sites for hydroxylation is 1. The Bertz CT molecular complexity index is 578. The molecule has 0 aliphatic carbocycles. The lowest BCUT2D eigenvalue weighted by molar-refractivity contribution is 0.101. The molecule has 0 amide bonds. The number of aromatic nitrogens is 1. The van der Waals surface area contributed by atoms with E-state index in [1.54, 1.807) is 31.4 Å². The minimum atomic E-state index is 0.00299. The molecule has 1 aromatic carbocycles. The molecule has 18 heavy (non-hydrogen) atoms. The van der Waals surface area contributed by atoms with E-state index in [4.69, 9.17) is 4.74 Å². The van der Waals surface area contributed by atoms with Gasteiger partial charge in [-0.2, -0.15) is 0 Å². The van der Waals surface area contributed by atoms with Crippen molar-refractivity contribution in [3.8, 4) is 5.75 Å². The Balaban J connectivity index is 2.41. The molecule has 1 heterocycles. The molecule has 0 fully saturated rings. The fraction of sp³-hybridized carbons (Fsp3) is 0.231. The average Bonchev–Trinajstić information content (AvgIpc) is 2.74. The van der Waals surface area contributed by atoms with E-state index in [2.05, 4.69) is 4.98 Å². The minimum Gasteiger partial charge on any atom is -0.496 e. The first-order chi connectivity index (χ1) is 8.61. The van der Waals surface area contributed by atoms with Gasteiger partial charge in [-0.05, 0) is 26.0 Å². The van der Waals surface area contributed by atoms with Gasteiger partial charge in [0, 0.05) is 16.0 Å². The Kier molecular flexibility index (Phi) is 4.04. The smallest absolute Gasteiger partial charge is 0.164 e. The zero-order valence-electron chi connectivity index (χ0n) is 10.4. The summed E-state index contributed by atoms with van der Waals surface area (Å²) in [6.45, 7) is 3.51. The van der Waals surface area contributed by atoms with E-state index in [-0.39, 0.29) is 5.78 Å². The molecule has 0 spiro atoms. The number of methoxy groups -OCH3 is 1. The lowest BCUT2D eigenvalue weighted by Crippen LogP contribution is -1.99. The van der Waals surface area contributed by atoms with Crippen molar-refractivity contribution in [2.24, 2.45) is 0 Å². The second kappa shape index (κ2) is 5.54. The first-order valence-corrected chi connectivity index (χ1v) is 7.09. The predicted molar refractivity (Wildman–Crippen MR) is 74.0 cm³/mol. The van der Waals surface area contributed by atoms with Crippen molar-refractivity contribution in [2.45, 2.75) is 23.1 Å². The van der Waals surface area contributed by atoms with Crippen LogP contribution in [0.2, 0.25) is 0 Å². The van der Waals surface area contributed by atoms with Crippen LogP contribution in [0.3, 0.4) is 0 Å². The van der Waals surface area contributed by atoms with Gasteiger partial charge in [-0.25, -0.2) is 4.98 Å². The van der Waals surface area contributed by atoms with Crippen molar-refractivity contribution in [1.82, 2.24) is 4.98 Å². The number of carbonyl (C=O) groups excluding carboxylic acids is 1. The van der Waals surface area contributed by atoms with Crippen molar-refractivity contribution < 1.29 is 9.53 Å². The third kappa shape index (κ3) is 2.73. The first-order valence-electron chi connectivity index (χ1n) is 5.39. The zero-order valence-corrected chi connectivity index (χ0v) is 12.0. The van der Waals surface area contributed by atoms with Crippen molar-refractivity contribution in [2.75, 3.05) is 7.11 Å². The number of hydrogen-bond donors (Lipinski definition) is 0. The number of rotatable bonds is 4. The highest BCUT2D eigenvalue weighted by Gasteiger charge is 2.15. The van der Waals surface area contributed by atoms with E-state index in [0.29, 0.717) is 11.3 Å². The molecule has 0 aliphatic heterocycles. The Morgan fingerprint density at radius 3 is 2.78 bits per heavy atom. The number of thiazole rings is 1. The summed E-state index contributed by atoms with van der Waals surface area (Å²) < 4.78 is 6.17. The summed E-state index contributed by atoms with van der Waals surface area (Å²) >= 11 is 3.08. The van der Waals surface area contributed by atoms with Crippen LogP contribution in [0.1, 0.15) is 23.0 Å². The number of benzene rings is 1. The maximum absolute atomic E-state index is 11.7. The monoisotopic (exact) mass is 279 g/mol. The lowest BCUT2D eigenvalue weighted by Gasteiger charge is -2.09. The molecule has 0 saturated carbocycles. The second-order valence-corrected chi connectivity index (χ2v) is 5.89. The summed E-state index contributed by atoms with van der Waals surface area (Å²) in [7, 11) is 1.57. The van der Waals surface area contributed by atoms with Crippen LogP contribution in [0.25, 0.3) is 0 Å². The predicted octanol–water partition coefficient (Wildman–Crippen LogP) is 3.81. The molecule has 2 aromatic rings. The number of ketones is 1. The van der Waals surface area contributed by atoms with E-state index < -0.39 is 0 Å². The van der Waals surface area contributed by atoms with Gasteiger partial charge in [0.05, 0.1) is 12.7 Å². The molecule has 0 unspecified atom stereocenters. The molecule has 3 nitrogen and oxygen atoms in total. The molecule has 1 aromatic heterocycles. The molecule has 0 bridgehead atoms. The number of nitrogens with zero attached hydrogens (tertiary/aromatic N) is 1. The number of ether oxygens (including phenoxy) is 1. The standard InChI is InChI=1S/C13H13NO2S2/c1-8-7-17-13(14-8)18-11-6-4-5-10(16-3)12(11)9(2)15/h4-7H,1-3H3. The highest BCUT2D eigenvalue weighted by Crippen LogP contribution is 2.36. The molecular formula is C13H13NO2S2. The van der Waals surface area contributed by atoms with E-state index in [0.717, 1.165) is 14.9 Å². The Morgan fingerprint density at radius 2 is 2.22 bits per heavy atom. The topological polar surface area (TPSA) is 39.2 Å². The second-order valence-electron chi connectivity index (χ2n) is 3.75. The largest absolute Gasteiger partial charge is 0.496 e. The van der Waals surface area contributed by atoms with Crippen LogP contribution in [0.15, 0.2) is 32.8 Å². The fourth-order valence-corrected chi connectivity index (χ4v) is 3.58. The Morgan fingerprint density at radius 1 is 1.44 bits per heavy atom. The Labute approximate surface area is 114 Å². The third-order valence-corrected chi connectivity index (χ3v) is 4.47. The molecule has 0 atom stereocenters. The highest BCUT2D eigenvalue weighted by atomic mass is 32.2. The number of Topliss-reactive ketones (excluding diaryl/α,β-unsaturated/α-hetero) is 1. The maximum Gasteiger partial charge on any atom is 0.164 e. The molecule has 2 rings (SSSR count). The zero-order chi connectivity index (χ0) is 13.1. The van der Waals surface area contributed by atoms with E-state index in [1.165, 1.54) is 11.8 Å². The molecule has 0 N–H and O–H groups in total. The number of carbonyl (C=O) groups is 1. The van der Waals surface area contributed by atoms with Crippen molar-refractivity contribution in [1.29, 1.82) is 0 Å². The SMILES string of the molecule is COc1cccc(Sc2nc(C)cs2)c1C(C)=O. The van der Waals surface area contributed by atoms with Gasteiger partial charge in [0.2, 0.25) is 0 Å². The maximum atomic E-state index is 11.7. The molecule has 5 heteroatoms. The fourth-order valence-electron chi connectivity index (χ4n) is 1.59. The summed E-state index contributed by atoms with van der Waals surface area (Å²) in [6, 6.07) is 5.60. The summed E-state index contributed by atoms with van der Waals surface area (Å²) in [5, 5.41) is 2.00. The minimum absolute atomic E-state index is 0.00299. The molecule has 0 aliphatic rings. The van der Waals surface area contributed by atoms with Crippen LogP contribution in [0.5, 0.6) is 5.75 Å². The normalized spacial score (nSPS) is 10.4. The highest BCUT2D eigenvalue weighted by molar-refractivity contribution is 8.01. The van der Waals surface area contributed by atoms with Crippen LogP contribution < -0.4 is 4.74 Å².